The van der Waals surface area contributed by atoms with Crippen molar-refractivity contribution in [3.8, 4) is 0 Å². The Morgan fingerprint density at radius 1 is 1.44 bits per heavy atom. The molecule has 0 saturated carbocycles. The smallest absolute Gasteiger partial charge is 0.209 e. The van der Waals surface area contributed by atoms with E-state index in [4.69, 9.17) is 10.5 Å². The minimum atomic E-state index is -3.25. The van der Waals surface area contributed by atoms with Crippen molar-refractivity contribution in [2.45, 2.75) is 19.4 Å². The first-order valence-corrected chi connectivity index (χ1v) is 7.07. The summed E-state index contributed by atoms with van der Waals surface area (Å²) in [6, 6.07) is 0. The maximum absolute atomic E-state index is 11.1. The summed E-state index contributed by atoms with van der Waals surface area (Å²) in [5.74, 6) is 0.269. The van der Waals surface area contributed by atoms with Gasteiger partial charge in [-0.1, -0.05) is 0 Å². The summed E-state index contributed by atoms with van der Waals surface area (Å²) in [4.78, 5) is 4.05. The first kappa shape index (κ1) is 20.2. The number of aliphatic imine (C=N–C) groups is 1. The lowest BCUT2D eigenvalue weighted by molar-refractivity contribution is 0.204. The van der Waals surface area contributed by atoms with E-state index in [9.17, 15) is 8.42 Å². The summed E-state index contributed by atoms with van der Waals surface area (Å²) >= 11 is 0. The minimum absolute atomic E-state index is 0. The van der Waals surface area contributed by atoms with Crippen molar-refractivity contribution >= 4 is 40.0 Å². The first-order chi connectivity index (χ1) is 7.66. The van der Waals surface area contributed by atoms with Gasteiger partial charge in [0.15, 0.2) is 5.96 Å². The van der Waals surface area contributed by atoms with E-state index < -0.39 is 15.6 Å². The molecule has 4 N–H and O–H groups in total. The van der Waals surface area contributed by atoms with Crippen molar-refractivity contribution in [1.29, 1.82) is 0 Å². The van der Waals surface area contributed by atoms with Crippen LogP contribution in [0.4, 0.5) is 0 Å². The molecule has 110 valence electrons. The van der Waals surface area contributed by atoms with Gasteiger partial charge in [-0.05, 0) is 13.8 Å². The van der Waals surface area contributed by atoms with Crippen LogP contribution in [0.25, 0.3) is 0 Å². The Morgan fingerprint density at radius 2 is 2.00 bits per heavy atom. The fraction of sp³-hybridized carbons (Fsp3) is 0.889. The lowest BCUT2D eigenvalue weighted by Gasteiger charge is -2.22. The molecule has 0 radical (unpaired) electrons. The fourth-order valence-corrected chi connectivity index (χ4v) is 2.22. The van der Waals surface area contributed by atoms with Crippen LogP contribution in [-0.2, 0) is 14.8 Å². The van der Waals surface area contributed by atoms with E-state index >= 15 is 0 Å². The lowest BCUT2D eigenvalue weighted by atomic mass is 10.1. The van der Waals surface area contributed by atoms with Crippen LogP contribution in [0.5, 0.6) is 0 Å². The Morgan fingerprint density at radius 3 is 2.44 bits per heavy atom. The second-order valence-electron chi connectivity index (χ2n) is 4.38. The number of ether oxygens (including phenoxy) is 1. The monoisotopic (exact) mass is 394 g/mol. The van der Waals surface area contributed by atoms with Crippen LogP contribution in [0.1, 0.15) is 13.8 Å². The van der Waals surface area contributed by atoms with Gasteiger partial charge in [0, 0.05) is 19.2 Å². The number of rotatable bonds is 7. The Balaban J connectivity index is 0. The second-order valence-corrected chi connectivity index (χ2v) is 6.13. The van der Waals surface area contributed by atoms with E-state index in [1.54, 1.807) is 21.0 Å². The third kappa shape index (κ3) is 12.3. The van der Waals surface area contributed by atoms with E-state index in [-0.39, 0.29) is 36.5 Å². The van der Waals surface area contributed by atoms with Crippen LogP contribution in [0.15, 0.2) is 4.99 Å². The van der Waals surface area contributed by atoms with Crippen LogP contribution >= 0.6 is 24.0 Å². The van der Waals surface area contributed by atoms with Crippen molar-refractivity contribution in [1.82, 2.24) is 10.0 Å². The van der Waals surface area contributed by atoms with Crippen molar-refractivity contribution < 1.29 is 13.2 Å². The number of nitrogens with zero attached hydrogens (tertiary/aromatic N) is 1. The molecule has 0 aromatic rings. The number of halogens is 1. The summed E-state index contributed by atoms with van der Waals surface area (Å²) in [5, 5.41) is 2.84. The largest absolute Gasteiger partial charge is 0.383 e. The molecule has 0 atom stereocenters. The van der Waals surface area contributed by atoms with Gasteiger partial charge in [-0.25, -0.2) is 13.1 Å². The van der Waals surface area contributed by atoms with Crippen LogP contribution < -0.4 is 15.8 Å². The predicted octanol–water partition coefficient (Wildman–Crippen LogP) is -0.517. The van der Waals surface area contributed by atoms with Gasteiger partial charge in [0.1, 0.15) is 0 Å². The number of hydrogen-bond donors (Lipinski definition) is 3. The lowest BCUT2D eigenvalue weighted by Crippen LogP contribution is -2.46. The van der Waals surface area contributed by atoms with E-state index in [0.717, 1.165) is 6.26 Å². The first-order valence-electron chi connectivity index (χ1n) is 5.18. The highest BCUT2D eigenvalue weighted by atomic mass is 127. The maximum atomic E-state index is 11.1. The van der Waals surface area contributed by atoms with Crippen LogP contribution in [0.3, 0.4) is 0 Å². The number of nitrogens with two attached hydrogens (primary N) is 1. The van der Waals surface area contributed by atoms with E-state index in [0.29, 0.717) is 13.2 Å². The molecule has 0 aliphatic rings. The molecule has 0 bridgehead atoms. The normalized spacial score (nSPS) is 13.0. The SMILES string of the molecule is COCCNC(N)=NCC(C)(C)NS(C)(=O)=O.I. The fourth-order valence-electron chi connectivity index (χ4n) is 1.15. The molecule has 0 fully saturated rings. The number of methoxy groups -OCH3 is 1. The zero-order valence-electron chi connectivity index (χ0n) is 11.2. The highest BCUT2D eigenvalue weighted by molar-refractivity contribution is 14.0. The third-order valence-corrected chi connectivity index (χ3v) is 2.64. The zero-order valence-corrected chi connectivity index (χ0v) is 14.3. The molecule has 0 amide bonds. The molecular formula is C9H23IN4O3S. The van der Waals surface area contributed by atoms with Crippen LogP contribution in [0, 0.1) is 0 Å². The molecule has 0 unspecified atom stereocenters. The van der Waals surface area contributed by atoms with Crippen molar-refractivity contribution in [3.63, 3.8) is 0 Å². The molecule has 0 aliphatic carbocycles. The number of sulfonamides is 1. The Bertz CT molecular complexity index is 357. The average molecular weight is 394 g/mol. The Hall–Kier alpha value is -0.130. The predicted molar refractivity (Wildman–Crippen MR) is 83.8 cm³/mol. The zero-order chi connectivity index (χ0) is 13.5. The van der Waals surface area contributed by atoms with Crippen molar-refractivity contribution in [2.24, 2.45) is 10.7 Å². The molecule has 0 spiro atoms. The Labute approximate surface area is 126 Å². The number of guanidine groups is 1. The van der Waals surface area contributed by atoms with Gasteiger partial charge in [-0.15, -0.1) is 24.0 Å². The van der Waals surface area contributed by atoms with Crippen LogP contribution in [0.2, 0.25) is 0 Å². The topological polar surface area (TPSA) is 106 Å². The van der Waals surface area contributed by atoms with E-state index in [2.05, 4.69) is 15.0 Å². The molecule has 18 heavy (non-hydrogen) atoms. The van der Waals surface area contributed by atoms with Crippen molar-refractivity contribution in [3.05, 3.63) is 0 Å². The average Bonchev–Trinajstić information content (AvgIpc) is 2.12. The molecule has 0 rings (SSSR count). The molecule has 0 aromatic heterocycles. The molecule has 0 saturated heterocycles. The van der Waals surface area contributed by atoms with Gasteiger partial charge in [0.05, 0.1) is 19.4 Å². The quantitative estimate of drug-likeness (QED) is 0.233. The molecular weight excluding hydrogens is 371 g/mol. The molecule has 0 aliphatic heterocycles. The molecule has 0 heterocycles. The molecule has 9 heteroatoms. The third-order valence-electron chi connectivity index (χ3n) is 1.72. The van der Waals surface area contributed by atoms with Gasteiger partial charge in [0.25, 0.3) is 0 Å². The van der Waals surface area contributed by atoms with Gasteiger partial charge >= 0.3 is 0 Å². The summed E-state index contributed by atoms with van der Waals surface area (Å²) in [5.41, 5.74) is 4.93. The highest BCUT2D eigenvalue weighted by Crippen LogP contribution is 2.03. The number of hydrogen-bond acceptors (Lipinski definition) is 4. The summed E-state index contributed by atoms with van der Waals surface area (Å²) in [6.45, 7) is 4.82. The molecule has 0 aromatic carbocycles. The maximum Gasteiger partial charge on any atom is 0.209 e. The van der Waals surface area contributed by atoms with E-state index in [1.165, 1.54) is 0 Å². The van der Waals surface area contributed by atoms with Crippen LogP contribution in [-0.4, -0.2) is 53.0 Å². The standard InChI is InChI=1S/C9H22N4O3S.HI/c1-9(2,13-17(4,14)15)7-12-8(10)11-5-6-16-3;/h13H,5-7H2,1-4H3,(H3,10,11,12);1H. The summed E-state index contributed by atoms with van der Waals surface area (Å²) in [6.07, 6.45) is 1.11. The summed E-state index contributed by atoms with van der Waals surface area (Å²) in [7, 11) is -1.66. The van der Waals surface area contributed by atoms with Gasteiger partial charge in [-0.2, -0.15) is 0 Å². The van der Waals surface area contributed by atoms with Gasteiger partial charge in [-0.3, -0.25) is 4.99 Å². The minimum Gasteiger partial charge on any atom is -0.383 e. The van der Waals surface area contributed by atoms with E-state index in [1.807, 2.05) is 0 Å². The van der Waals surface area contributed by atoms with Crippen molar-refractivity contribution in [2.75, 3.05) is 33.1 Å². The van der Waals surface area contributed by atoms with Gasteiger partial charge in [0.2, 0.25) is 10.0 Å². The Kier molecular flexibility index (Phi) is 9.97. The molecule has 7 nitrogen and oxygen atoms in total. The summed E-state index contributed by atoms with van der Waals surface area (Å²) < 4.78 is 29.5. The highest BCUT2D eigenvalue weighted by Gasteiger charge is 2.21. The second kappa shape index (κ2) is 8.88. The van der Waals surface area contributed by atoms with Gasteiger partial charge < -0.3 is 15.8 Å². The number of nitrogens with one attached hydrogen (secondary N) is 2.